The summed E-state index contributed by atoms with van der Waals surface area (Å²) in [5.41, 5.74) is 15.2. The summed E-state index contributed by atoms with van der Waals surface area (Å²) >= 11 is 0. The lowest BCUT2D eigenvalue weighted by Crippen LogP contribution is -2.41. The third-order valence-corrected chi connectivity index (χ3v) is 13.0. The molecule has 1 aliphatic carbocycles. The van der Waals surface area contributed by atoms with Gasteiger partial charge in [-0.15, -0.1) is 0 Å². The minimum Gasteiger partial charge on any atom is -0.399 e. The minimum absolute atomic E-state index is 0.442. The van der Waals surface area contributed by atoms with Crippen LogP contribution >= 0.6 is 0 Å². The van der Waals surface area contributed by atoms with Crippen LogP contribution in [0.15, 0.2) is 84.9 Å². The van der Waals surface area contributed by atoms with Gasteiger partial charge in [0.2, 0.25) is 0 Å². The van der Waals surface area contributed by atoms with Gasteiger partial charge in [0.05, 0.1) is 22.4 Å². The van der Waals surface area contributed by atoms with E-state index in [-0.39, 0.29) is 0 Å². The third-order valence-electron chi connectivity index (χ3n) is 13.0. The predicted molar refractivity (Wildman–Crippen MR) is 227 cm³/mol. The Morgan fingerprint density at radius 2 is 0.870 bits per heavy atom. The van der Waals surface area contributed by atoms with Crippen molar-refractivity contribution in [1.82, 2.24) is 0 Å². The summed E-state index contributed by atoms with van der Waals surface area (Å²) in [5, 5.41) is 4.82. The third kappa shape index (κ3) is 5.21. The highest BCUT2D eigenvalue weighted by Crippen LogP contribution is 2.58. The summed E-state index contributed by atoms with van der Waals surface area (Å²) in [5.74, 6) is 0. The Morgan fingerprint density at radius 3 is 1.39 bits per heavy atom. The average molecular weight is 713 g/mol. The molecule has 0 atom stereocenters. The van der Waals surface area contributed by atoms with Crippen molar-refractivity contribution >= 4 is 46.7 Å². The van der Waals surface area contributed by atoms with Crippen LogP contribution in [0.25, 0.3) is 66.1 Å². The zero-order valence-corrected chi connectivity index (χ0v) is 33.9. The zero-order valence-electron chi connectivity index (χ0n) is 33.9. The zero-order chi connectivity index (χ0) is 38.3. The second kappa shape index (κ2) is 11.7. The monoisotopic (exact) mass is 712 g/mol. The number of benzene rings is 6. The molecule has 54 heavy (non-hydrogen) atoms. The van der Waals surface area contributed by atoms with Crippen molar-refractivity contribution in [3.63, 3.8) is 0 Å². The molecule has 272 valence electrons. The standard InChI is InChI=1S/C48H50B2O4/c1-27-20-28(2)23-31(22-27)40-34-17-16-33(49-51-45(5,6)46(7,8)52-49)26-38(34)41(32-24-29(3)21-30(4)25-32)44-37-18-19-39(50-53-47(9,10)48(11,12)54-50)35-14-13-15-36(42(35)37)43(40)44/h13-26H,1-12H3. The van der Waals surface area contributed by atoms with E-state index in [9.17, 15) is 0 Å². The maximum absolute atomic E-state index is 6.68. The molecule has 0 N–H and O–H groups in total. The lowest BCUT2D eigenvalue weighted by molar-refractivity contribution is 0.00578. The van der Waals surface area contributed by atoms with Gasteiger partial charge >= 0.3 is 14.2 Å². The lowest BCUT2D eigenvalue weighted by atomic mass is 9.74. The Morgan fingerprint density at radius 1 is 0.407 bits per heavy atom. The Balaban J connectivity index is 1.41. The first-order valence-electron chi connectivity index (χ1n) is 19.4. The van der Waals surface area contributed by atoms with E-state index in [2.05, 4.69) is 168 Å². The highest BCUT2D eigenvalue weighted by Gasteiger charge is 2.53. The van der Waals surface area contributed by atoms with E-state index in [1.807, 2.05) is 0 Å². The molecule has 4 nitrogen and oxygen atoms in total. The van der Waals surface area contributed by atoms with Crippen LogP contribution in [0.4, 0.5) is 0 Å². The van der Waals surface area contributed by atoms with Crippen LogP contribution < -0.4 is 10.9 Å². The molecule has 9 rings (SSSR count). The Hall–Kier alpha value is -4.19. The van der Waals surface area contributed by atoms with Crippen LogP contribution in [-0.4, -0.2) is 36.6 Å². The van der Waals surface area contributed by atoms with E-state index in [0.29, 0.717) is 0 Å². The fourth-order valence-corrected chi connectivity index (χ4v) is 9.03. The summed E-state index contributed by atoms with van der Waals surface area (Å²) in [7, 11) is -0.949. The van der Waals surface area contributed by atoms with Gasteiger partial charge in [-0.25, -0.2) is 0 Å². The summed E-state index contributed by atoms with van der Waals surface area (Å²) in [4.78, 5) is 0. The SMILES string of the molecule is Cc1cc(C)cc(-c2c3c(c(-c4cc(C)cc(C)c4)c4cc(B5OC(C)(C)C(C)(C)O5)ccc24)-c2ccc(B4OC(C)(C)C(C)(C)O4)c4cccc-3c24)c1. The van der Waals surface area contributed by atoms with Crippen molar-refractivity contribution in [1.29, 1.82) is 0 Å². The molecule has 0 amide bonds. The van der Waals surface area contributed by atoms with E-state index in [0.717, 1.165) is 10.9 Å². The van der Waals surface area contributed by atoms with Gasteiger partial charge < -0.3 is 18.6 Å². The quantitative estimate of drug-likeness (QED) is 0.170. The molecule has 0 aromatic heterocycles. The van der Waals surface area contributed by atoms with E-state index in [4.69, 9.17) is 18.6 Å². The fourth-order valence-electron chi connectivity index (χ4n) is 9.03. The highest BCUT2D eigenvalue weighted by atomic mass is 16.7. The maximum atomic E-state index is 6.68. The van der Waals surface area contributed by atoms with Crippen molar-refractivity contribution in [3.8, 4) is 44.5 Å². The van der Waals surface area contributed by atoms with Crippen LogP contribution in [-0.2, 0) is 18.6 Å². The van der Waals surface area contributed by atoms with Crippen molar-refractivity contribution < 1.29 is 18.6 Å². The number of fused-ring (bicyclic) bond motifs is 4. The topological polar surface area (TPSA) is 36.9 Å². The second-order valence-corrected chi connectivity index (χ2v) is 18.2. The summed E-state index contributed by atoms with van der Waals surface area (Å²) in [6.45, 7) is 25.8. The first kappa shape index (κ1) is 35.5. The molecule has 6 aromatic rings. The lowest BCUT2D eigenvalue weighted by Gasteiger charge is -2.32. The Bertz CT molecular complexity index is 2510. The Labute approximate surface area is 321 Å². The van der Waals surface area contributed by atoms with Crippen LogP contribution in [0.2, 0.25) is 0 Å². The number of rotatable bonds is 4. The average Bonchev–Trinajstić information content (AvgIpc) is 3.60. The van der Waals surface area contributed by atoms with Gasteiger partial charge in [-0.1, -0.05) is 107 Å². The predicted octanol–water partition coefficient (Wildman–Crippen LogP) is 10.8. The fraction of sp³-hybridized carbons (Fsp3) is 0.333. The molecule has 2 saturated heterocycles. The number of aryl methyl sites for hydroxylation is 4. The molecule has 2 heterocycles. The molecule has 0 radical (unpaired) electrons. The normalized spacial score (nSPS) is 19.0. The number of hydrogen-bond donors (Lipinski definition) is 0. The van der Waals surface area contributed by atoms with Crippen molar-refractivity contribution in [2.75, 3.05) is 0 Å². The van der Waals surface area contributed by atoms with Gasteiger partial charge in [0.15, 0.2) is 0 Å². The largest absolute Gasteiger partial charge is 0.495 e. The molecular formula is C48H50B2O4. The molecule has 0 bridgehead atoms. The highest BCUT2D eigenvalue weighted by molar-refractivity contribution is 6.65. The second-order valence-electron chi connectivity index (χ2n) is 18.2. The molecule has 6 aromatic carbocycles. The smallest absolute Gasteiger partial charge is 0.399 e. The van der Waals surface area contributed by atoms with E-state index in [1.165, 1.54) is 88.3 Å². The van der Waals surface area contributed by atoms with Gasteiger partial charge in [0.1, 0.15) is 0 Å². The van der Waals surface area contributed by atoms with Crippen LogP contribution in [0.1, 0.15) is 77.6 Å². The maximum Gasteiger partial charge on any atom is 0.495 e. The van der Waals surface area contributed by atoms with Crippen molar-refractivity contribution in [2.24, 2.45) is 0 Å². The first-order chi connectivity index (χ1) is 25.4. The van der Waals surface area contributed by atoms with Crippen LogP contribution in [0.3, 0.4) is 0 Å². The number of hydrogen-bond acceptors (Lipinski definition) is 4. The van der Waals surface area contributed by atoms with Crippen LogP contribution in [0, 0.1) is 27.7 Å². The summed E-state index contributed by atoms with van der Waals surface area (Å²) in [6.07, 6.45) is 0. The molecule has 0 unspecified atom stereocenters. The van der Waals surface area contributed by atoms with Gasteiger partial charge in [-0.3, -0.25) is 0 Å². The van der Waals surface area contributed by atoms with E-state index in [1.54, 1.807) is 0 Å². The molecular weight excluding hydrogens is 662 g/mol. The van der Waals surface area contributed by atoms with E-state index >= 15 is 0 Å². The van der Waals surface area contributed by atoms with Gasteiger partial charge in [0, 0.05) is 0 Å². The molecule has 2 aliphatic heterocycles. The summed E-state index contributed by atoms with van der Waals surface area (Å²) in [6, 6.07) is 32.1. The van der Waals surface area contributed by atoms with Gasteiger partial charge in [-0.05, 0) is 160 Å². The van der Waals surface area contributed by atoms with E-state index < -0.39 is 36.6 Å². The molecule has 3 aliphatic rings. The molecule has 2 fully saturated rings. The van der Waals surface area contributed by atoms with Crippen molar-refractivity contribution in [2.45, 2.75) is 105 Å². The molecule has 0 saturated carbocycles. The van der Waals surface area contributed by atoms with Gasteiger partial charge in [0.25, 0.3) is 0 Å². The molecule has 6 heteroatoms. The first-order valence-corrected chi connectivity index (χ1v) is 19.4. The van der Waals surface area contributed by atoms with Gasteiger partial charge in [-0.2, -0.15) is 0 Å². The minimum atomic E-state index is -0.479. The van der Waals surface area contributed by atoms with Crippen molar-refractivity contribution in [3.05, 3.63) is 107 Å². The molecule has 0 spiro atoms. The summed E-state index contributed by atoms with van der Waals surface area (Å²) < 4.78 is 26.7. The van der Waals surface area contributed by atoms with Crippen LogP contribution in [0.5, 0.6) is 0 Å². The Kier molecular flexibility index (Phi) is 7.67.